The van der Waals surface area contributed by atoms with E-state index in [1.54, 1.807) is 6.92 Å². The first-order chi connectivity index (χ1) is 7.08. The maximum Gasteiger partial charge on any atom is 0.150 e. The van der Waals surface area contributed by atoms with Crippen molar-refractivity contribution in [2.45, 2.75) is 58.4 Å². The van der Waals surface area contributed by atoms with Gasteiger partial charge in [0, 0.05) is 6.54 Å². The Morgan fingerprint density at radius 1 is 1.40 bits per heavy atom. The molecule has 2 N–H and O–H groups in total. The molecule has 1 atom stereocenters. The highest BCUT2D eigenvalue weighted by molar-refractivity contribution is 5.85. The van der Waals surface area contributed by atoms with E-state index in [1.807, 2.05) is 13.8 Å². The van der Waals surface area contributed by atoms with Crippen LogP contribution in [0, 0.1) is 5.92 Å². The van der Waals surface area contributed by atoms with Gasteiger partial charge in [-0.2, -0.15) is 0 Å². The van der Waals surface area contributed by atoms with E-state index in [1.165, 1.54) is 25.7 Å². The fourth-order valence-electron chi connectivity index (χ4n) is 2.36. The van der Waals surface area contributed by atoms with Crippen LogP contribution < -0.4 is 10.9 Å². The van der Waals surface area contributed by atoms with E-state index in [0.717, 1.165) is 18.9 Å². The van der Waals surface area contributed by atoms with Crippen LogP contribution in [0.15, 0.2) is 0 Å². The minimum atomic E-state index is -0.384. The highest BCUT2D eigenvalue weighted by atomic mass is 16.1. The van der Waals surface area contributed by atoms with Gasteiger partial charge < -0.3 is 0 Å². The molecule has 1 rings (SSSR count). The maximum atomic E-state index is 11.7. The number of nitrogens with one attached hydrogen (secondary N) is 2. The molecule has 0 radical (unpaired) electrons. The highest BCUT2D eigenvalue weighted by Crippen LogP contribution is 2.31. The molecule has 0 amide bonds. The third-order valence-corrected chi connectivity index (χ3v) is 3.49. The molecule has 15 heavy (non-hydrogen) atoms. The molecule has 0 heterocycles. The zero-order valence-electron chi connectivity index (χ0n) is 10.2. The molecule has 0 spiro atoms. The fraction of sp³-hybridized carbons (Fsp3) is 0.917. The number of hydrogen-bond donors (Lipinski definition) is 2. The van der Waals surface area contributed by atoms with E-state index in [-0.39, 0.29) is 11.3 Å². The first-order valence-electron chi connectivity index (χ1n) is 6.09. The van der Waals surface area contributed by atoms with Crippen molar-refractivity contribution in [2.24, 2.45) is 5.92 Å². The molecule has 88 valence electrons. The van der Waals surface area contributed by atoms with Gasteiger partial charge in [0.2, 0.25) is 0 Å². The summed E-state index contributed by atoms with van der Waals surface area (Å²) >= 11 is 0. The Kier molecular flexibility index (Phi) is 4.74. The lowest BCUT2D eigenvalue weighted by molar-refractivity contribution is -0.123. The summed E-state index contributed by atoms with van der Waals surface area (Å²) < 4.78 is 0. The molecule has 1 fully saturated rings. The van der Waals surface area contributed by atoms with E-state index < -0.39 is 0 Å². The van der Waals surface area contributed by atoms with Crippen molar-refractivity contribution in [1.82, 2.24) is 10.9 Å². The second-order valence-electron chi connectivity index (χ2n) is 4.90. The molecule has 1 aliphatic rings. The molecule has 0 aliphatic heterocycles. The lowest BCUT2D eigenvalue weighted by Gasteiger charge is -2.31. The van der Waals surface area contributed by atoms with Gasteiger partial charge in [-0.3, -0.25) is 10.2 Å². The summed E-state index contributed by atoms with van der Waals surface area (Å²) in [5.41, 5.74) is 5.86. The molecule has 3 nitrogen and oxygen atoms in total. The summed E-state index contributed by atoms with van der Waals surface area (Å²) in [7, 11) is 0. The second-order valence-corrected chi connectivity index (χ2v) is 4.90. The lowest BCUT2D eigenvalue weighted by atomic mass is 9.85. The van der Waals surface area contributed by atoms with Crippen molar-refractivity contribution in [1.29, 1.82) is 0 Å². The molecule has 0 aromatic carbocycles. The Hall–Kier alpha value is -0.410. The van der Waals surface area contributed by atoms with Gasteiger partial charge in [-0.05, 0) is 26.2 Å². The van der Waals surface area contributed by atoms with Crippen molar-refractivity contribution in [3.05, 3.63) is 0 Å². The largest absolute Gasteiger partial charge is 0.298 e. The SMILES string of the molecule is CCNNC(C)(CC1CCCC1)C(C)=O. The second kappa shape index (κ2) is 5.61. The van der Waals surface area contributed by atoms with Crippen molar-refractivity contribution in [2.75, 3.05) is 6.54 Å². The Morgan fingerprint density at radius 3 is 2.47 bits per heavy atom. The number of Topliss-reactive ketones (excluding diaryl/α,β-unsaturated/α-hetero) is 1. The molecule has 0 aromatic rings. The average molecular weight is 212 g/mol. The molecule has 0 saturated heterocycles. The van der Waals surface area contributed by atoms with E-state index in [0.29, 0.717) is 0 Å². The Balaban J connectivity index is 2.51. The molecule has 1 unspecified atom stereocenters. The molecule has 0 bridgehead atoms. The van der Waals surface area contributed by atoms with Gasteiger partial charge in [-0.15, -0.1) is 0 Å². The van der Waals surface area contributed by atoms with Gasteiger partial charge in [0.1, 0.15) is 0 Å². The van der Waals surface area contributed by atoms with Gasteiger partial charge in [0.25, 0.3) is 0 Å². The van der Waals surface area contributed by atoms with Gasteiger partial charge in [-0.1, -0.05) is 32.6 Å². The normalized spacial score (nSPS) is 21.5. The number of hydrogen-bond acceptors (Lipinski definition) is 3. The van der Waals surface area contributed by atoms with Gasteiger partial charge in [-0.25, -0.2) is 5.43 Å². The van der Waals surface area contributed by atoms with Crippen LogP contribution in [0.4, 0.5) is 0 Å². The quantitative estimate of drug-likeness (QED) is 0.662. The van der Waals surface area contributed by atoms with Crippen LogP contribution in [0.25, 0.3) is 0 Å². The minimum Gasteiger partial charge on any atom is -0.298 e. The number of hydrazine groups is 1. The predicted octanol–water partition coefficient (Wildman–Crippen LogP) is 2.03. The molecular weight excluding hydrogens is 188 g/mol. The van der Waals surface area contributed by atoms with Crippen LogP contribution in [-0.2, 0) is 4.79 Å². The Bertz CT molecular complexity index is 212. The lowest BCUT2D eigenvalue weighted by Crippen LogP contribution is -2.55. The van der Waals surface area contributed by atoms with Gasteiger partial charge in [0.15, 0.2) is 5.78 Å². The molecule has 1 aliphatic carbocycles. The van der Waals surface area contributed by atoms with Crippen molar-refractivity contribution < 1.29 is 4.79 Å². The van der Waals surface area contributed by atoms with Crippen LogP contribution in [-0.4, -0.2) is 17.9 Å². The molecule has 1 saturated carbocycles. The first kappa shape index (κ1) is 12.7. The van der Waals surface area contributed by atoms with Crippen LogP contribution in [0.2, 0.25) is 0 Å². The van der Waals surface area contributed by atoms with E-state index in [4.69, 9.17) is 0 Å². The summed E-state index contributed by atoms with van der Waals surface area (Å²) in [4.78, 5) is 11.7. The van der Waals surface area contributed by atoms with Crippen LogP contribution in [0.1, 0.15) is 52.9 Å². The van der Waals surface area contributed by atoms with Crippen LogP contribution >= 0.6 is 0 Å². The zero-order chi connectivity index (χ0) is 11.3. The summed E-state index contributed by atoms with van der Waals surface area (Å²) in [6.07, 6.45) is 6.21. The van der Waals surface area contributed by atoms with Crippen molar-refractivity contribution >= 4 is 5.78 Å². The van der Waals surface area contributed by atoms with Crippen molar-refractivity contribution in [3.8, 4) is 0 Å². The van der Waals surface area contributed by atoms with Gasteiger partial charge in [0.05, 0.1) is 5.54 Å². The zero-order valence-corrected chi connectivity index (χ0v) is 10.2. The maximum absolute atomic E-state index is 11.7. The number of rotatable bonds is 6. The number of carbonyl (C=O) groups excluding carboxylic acids is 1. The highest BCUT2D eigenvalue weighted by Gasteiger charge is 2.33. The van der Waals surface area contributed by atoms with E-state index >= 15 is 0 Å². The monoisotopic (exact) mass is 212 g/mol. The summed E-state index contributed by atoms with van der Waals surface area (Å²) in [5, 5.41) is 0. The Labute approximate surface area is 93.0 Å². The standard InChI is InChI=1S/C12H24N2O/c1-4-13-14-12(3,10(2)15)9-11-7-5-6-8-11/h11,13-14H,4-9H2,1-3H3. The number of ketones is 1. The molecule has 3 heteroatoms. The smallest absolute Gasteiger partial charge is 0.150 e. The first-order valence-corrected chi connectivity index (χ1v) is 6.09. The average Bonchev–Trinajstić information content (AvgIpc) is 2.67. The van der Waals surface area contributed by atoms with Crippen LogP contribution in [0.5, 0.6) is 0 Å². The third-order valence-electron chi connectivity index (χ3n) is 3.49. The van der Waals surface area contributed by atoms with Gasteiger partial charge >= 0.3 is 0 Å². The summed E-state index contributed by atoms with van der Waals surface area (Å²) in [5.74, 6) is 0.959. The topological polar surface area (TPSA) is 41.1 Å². The third kappa shape index (κ3) is 3.58. The summed E-state index contributed by atoms with van der Waals surface area (Å²) in [6.45, 7) is 6.56. The number of carbonyl (C=O) groups is 1. The minimum absolute atomic E-state index is 0.232. The van der Waals surface area contributed by atoms with Crippen molar-refractivity contribution in [3.63, 3.8) is 0 Å². The van der Waals surface area contributed by atoms with E-state index in [9.17, 15) is 4.79 Å². The molecule has 0 aromatic heterocycles. The fourth-order valence-corrected chi connectivity index (χ4v) is 2.36. The van der Waals surface area contributed by atoms with E-state index in [2.05, 4.69) is 10.9 Å². The summed E-state index contributed by atoms with van der Waals surface area (Å²) in [6, 6.07) is 0. The Morgan fingerprint density at radius 2 is 2.00 bits per heavy atom. The predicted molar refractivity (Wildman–Crippen MR) is 62.5 cm³/mol. The molecular formula is C12H24N2O. The van der Waals surface area contributed by atoms with Crippen LogP contribution in [0.3, 0.4) is 0 Å².